The second-order valence-corrected chi connectivity index (χ2v) is 5.73. The topological polar surface area (TPSA) is 77.8 Å². The minimum Gasteiger partial charge on any atom is -0.375 e. The molecule has 3 rings (SSSR count). The molecule has 2 N–H and O–H groups in total. The largest absolute Gasteiger partial charge is 0.375 e. The predicted molar refractivity (Wildman–Crippen MR) is 64.3 cm³/mol. The second-order valence-electron chi connectivity index (χ2n) is 3.53. The quantitative estimate of drug-likeness (QED) is 0.886. The zero-order chi connectivity index (χ0) is 11.0. The third kappa shape index (κ3) is 1.80. The molecule has 1 unspecified atom stereocenters. The number of hydrogen-bond acceptors (Lipinski definition) is 7. The Kier molecular flexibility index (Phi) is 2.56. The third-order valence-electron chi connectivity index (χ3n) is 2.40. The number of anilines is 1. The van der Waals surface area contributed by atoms with Crippen LogP contribution in [0.5, 0.6) is 0 Å². The average molecular weight is 254 g/mol. The first-order valence-corrected chi connectivity index (χ1v) is 6.92. The van der Waals surface area contributed by atoms with Crippen molar-refractivity contribution in [1.29, 1.82) is 0 Å². The fourth-order valence-corrected chi connectivity index (χ4v) is 3.37. The minimum absolute atomic E-state index is 0.383. The van der Waals surface area contributed by atoms with Gasteiger partial charge in [-0.3, -0.25) is 0 Å². The van der Waals surface area contributed by atoms with Crippen molar-refractivity contribution in [2.45, 2.75) is 18.1 Å². The van der Waals surface area contributed by atoms with Gasteiger partial charge >= 0.3 is 0 Å². The SMILES string of the molecule is Nc1nc(-c2nc(C3CCCS3)no2)cs1. The molecule has 7 heteroatoms. The van der Waals surface area contributed by atoms with Crippen molar-refractivity contribution in [3.63, 3.8) is 0 Å². The van der Waals surface area contributed by atoms with E-state index in [1.807, 2.05) is 17.1 Å². The van der Waals surface area contributed by atoms with Crippen LogP contribution in [0, 0.1) is 0 Å². The first-order chi connectivity index (χ1) is 7.83. The molecule has 84 valence electrons. The van der Waals surface area contributed by atoms with Crippen molar-refractivity contribution in [3.8, 4) is 11.6 Å². The summed E-state index contributed by atoms with van der Waals surface area (Å²) in [6, 6.07) is 0. The van der Waals surface area contributed by atoms with Crippen LogP contribution < -0.4 is 5.73 Å². The highest BCUT2D eigenvalue weighted by atomic mass is 32.2. The highest BCUT2D eigenvalue weighted by Gasteiger charge is 2.23. The van der Waals surface area contributed by atoms with E-state index >= 15 is 0 Å². The van der Waals surface area contributed by atoms with E-state index in [1.54, 1.807) is 0 Å². The van der Waals surface area contributed by atoms with Gasteiger partial charge in [-0.05, 0) is 18.6 Å². The maximum atomic E-state index is 5.56. The minimum atomic E-state index is 0.383. The van der Waals surface area contributed by atoms with Crippen molar-refractivity contribution in [2.24, 2.45) is 0 Å². The summed E-state index contributed by atoms with van der Waals surface area (Å²) in [5.74, 6) is 2.43. The zero-order valence-electron chi connectivity index (χ0n) is 8.42. The van der Waals surface area contributed by atoms with Crippen molar-refractivity contribution in [2.75, 3.05) is 11.5 Å². The second kappa shape index (κ2) is 4.06. The first-order valence-electron chi connectivity index (χ1n) is 4.99. The molecule has 2 aromatic heterocycles. The Hall–Kier alpha value is -1.08. The van der Waals surface area contributed by atoms with Crippen molar-refractivity contribution in [1.82, 2.24) is 15.1 Å². The summed E-state index contributed by atoms with van der Waals surface area (Å²) < 4.78 is 5.19. The van der Waals surface area contributed by atoms with E-state index in [9.17, 15) is 0 Å². The molecule has 0 radical (unpaired) electrons. The van der Waals surface area contributed by atoms with Crippen LogP contribution in [0.25, 0.3) is 11.6 Å². The van der Waals surface area contributed by atoms with Crippen LogP contribution in [0.3, 0.4) is 0 Å². The van der Waals surface area contributed by atoms with Gasteiger partial charge in [-0.1, -0.05) is 5.16 Å². The van der Waals surface area contributed by atoms with Crippen molar-refractivity contribution < 1.29 is 4.52 Å². The average Bonchev–Trinajstić information content (AvgIpc) is 2.97. The molecule has 0 spiro atoms. The van der Waals surface area contributed by atoms with E-state index in [1.165, 1.54) is 23.5 Å². The Morgan fingerprint density at radius 2 is 2.38 bits per heavy atom. The Labute approximate surface area is 100 Å². The molecule has 1 fully saturated rings. The van der Waals surface area contributed by atoms with Gasteiger partial charge in [0, 0.05) is 5.38 Å². The molecule has 0 aromatic carbocycles. The number of rotatable bonds is 2. The summed E-state index contributed by atoms with van der Waals surface area (Å²) in [6.07, 6.45) is 2.35. The number of nitrogen functional groups attached to an aromatic ring is 1. The van der Waals surface area contributed by atoms with E-state index in [0.29, 0.717) is 22.0 Å². The molecule has 3 heterocycles. The van der Waals surface area contributed by atoms with E-state index < -0.39 is 0 Å². The van der Waals surface area contributed by atoms with Gasteiger partial charge in [0.15, 0.2) is 11.0 Å². The van der Waals surface area contributed by atoms with Gasteiger partial charge in [0.1, 0.15) is 5.69 Å². The lowest BCUT2D eigenvalue weighted by Gasteiger charge is -1.98. The van der Waals surface area contributed by atoms with Crippen LogP contribution in [0.15, 0.2) is 9.90 Å². The molecule has 0 bridgehead atoms. The van der Waals surface area contributed by atoms with Crippen LogP contribution in [-0.4, -0.2) is 20.9 Å². The smallest absolute Gasteiger partial charge is 0.277 e. The number of nitrogens with zero attached hydrogens (tertiary/aromatic N) is 3. The highest BCUT2D eigenvalue weighted by Crippen LogP contribution is 2.38. The number of thioether (sulfide) groups is 1. The molecule has 2 aromatic rings. The normalized spacial score (nSPS) is 20.4. The molecular formula is C9H10N4OS2. The number of hydrogen-bond donors (Lipinski definition) is 1. The summed E-state index contributed by atoms with van der Waals surface area (Å²) in [5.41, 5.74) is 6.23. The van der Waals surface area contributed by atoms with E-state index in [0.717, 1.165) is 12.2 Å². The monoisotopic (exact) mass is 254 g/mol. The molecular weight excluding hydrogens is 244 g/mol. The fraction of sp³-hybridized carbons (Fsp3) is 0.444. The van der Waals surface area contributed by atoms with Crippen LogP contribution in [-0.2, 0) is 0 Å². The molecule has 0 amide bonds. The summed E-state index contributed by atoms with van der Waals surface area (Å²) in [4.78, 5) is 8.48. The summed E-state index contributed by atoms with van der Waals surface area (Å²) in [6.45, 7) is 0. The lowest BCUT2D eigenvalue weighted by Crippen LogP contribution is -1.91. The van der Waals surface area contributed by atoms with Crippen LogP contribution in [0.4, 0.5) is 5.13 Å². The van der Waals surface area contributed by atoms with E-state index in [4.69, 9.17) is 10.3 Å². The van der Waals surface area contributed by atoms with Gasteiger partial charge in [-0.15, -0.1) is 11.3 Å². The summed E-state index contributed by atoms with van der Waals surface area (Å²) in [7, 11) is 0. The lowest BCUT2D eigenvalue weighted by atomic mass is 10.2. The Balaban J connectivity index is 1.87. The third-order valence-corrected chi connectivity index (χ3v) is 4.45. The molecule has 1 saturated heterocycles. The maximum Gasteiger partial charge on any atom is 0.277 e. The van der Waals surface area contributed by atoms with Gasteiger partial charge in [-0.2, -0.15) is 16.7 Å². The van der Waals surface area contributed by atoms with Gasteiger partial charge in [0.05, 0.1) is 5.25 Å². The number of nitrogens with two attached hydrogens (primary N) is 1. The molecule has 0 saturated carbocycles. The van der Waals surface area contributed by atoms with E-state index in [-0.39, 0.29) is 0 Å². The molecule has 16 heavy (non-hydrogen) atoms. The molecule has 1 aliphatic heterocycles. The van der Waals surface area contributed by atoms with Crippen LogP contribution >= 0.6 is 23.1 Å². The Morgan fingerprint density at radius 3 is 3.06 bits per heavy atom. The fourth-order valence-electron chi connectivity index (χ4n) is 1.64. The number of thiazole rings is 1. The van der Waals surface area contributed by atoms with Crippen molar-refractivity contribution in [3.05, 3.63) is 11.2 Å². The summed E-state index contributed by atoms with van der Waals surface area (Å²) >= 11 is 3.26. The summed E-state index contributed by atoms with van der Waals surface area (Å²) in [5, 5.41) is 6.73. The molecule has 1 aliphatic rings. The van der Waals surface area contributed by atoms with Crippen LogP contribution in [0.2, 0.25) is 0 Å². The highest BCUT2D eigenvalue weighted by molar-refractivity contribution is 7.99. The standard InChI is InChI=1S/C9H10N4OS2/c10-9-11-5(4-16-9)8-12-7(13-14-8)6-2-1-3-15-6/h4,6H,1-3H2,(H2,10,11). The molecule has 0 aliphatic carbocycles. The zero-order valence-corrected chi connectivity index (χ0v) is 10.1. The first kappa shape index (κ1) is 10.1. The number of aromatic nitrogens is 3. The maximum absolute atomic E-state index is 5.56. The van der Waals surface area contributed by atoms with E-state index in [2.05, 4.69) is 15.1 Å². The van der Waals surface area contributed by atoms with Gasteiger partial charge in [0.2, 0.25) is 0 Å². The van der Waals surface area contributed by atoms with Gasteiger partial charge in [-0.25, -0.2) is 4.98 Å². The van der Waals surface area contributed by atoms with Gasteiger partial charge in [0.25, 0.3) is 5.89 Å². The lowest BCUT2D eigenvalue weighted by molar-refractivity contribution is 0.420. The molecule has 1 atom stereocenters. The Morgan fingerprint density at radius 1 is 1.44 bits per heavy atom. The molecule has 5 nitrogen and oxygen atoms in total. The van der Waals surface area contributed by atoms with Crippen molar-refractivity contribution >= 4 is 28.2 Å². The van der Waals surface area contributed by atoms with Gasteiger partial charge < -0.3 is 10.3 Å². The Bertz CT molecular complexity index is 489. The predicted octanol–water partition coefficient (Wildman–Crippen LogP) is 2.34. The van der Waals surface area contributed by atoms with Crippen LogP contribution in [0.1, 0.15) is 23.9 Å².